The summed E-state index contributed by atoms with van der Waals surface area (Å²) >= 11 is 0. The van der Waals surface area contributed by atoms with Gasteiger partial charge in [-0.25, -0.2) is 0 Å². The number of unbranched alkanes of at least 4 members (excludes halogenated alkanes) is 1. The number of rotatable bonds is 8. The van der Waals surface area contributed by atoms with E-state index < -0.39 is 0 Å². The first-order chi connectivity index (χ1) is 8.31. The van der Waals surface area contributed by atoms with Crippen molar-refractivity contribution in [2.24, 2.45) is 5.92 Å². The Morgan fingerprint density at radius 3 is 2.65 bits per heavy atom. The third-order valence-corrected chi connectivity index (χ3v) is 3.16. The number of para-hydroxylation sites is 1. The van der Waals surface area contributed by atoms with Crippen LogP contribution < -0.4 is 4.74 Å². The number of benzene rings is 1. The van der Waals surface area contributed by atoms with Crippen molar-refractivity contribution in [3.63, 3.8) is 0 Å². The minimum Gasteiger partial charge on any atom is -0.493 e. The number of aliphatic hydroxyl groups excluding tert-OH is 1. The Hall–Kier alpha value is -1.02. The molecule has 0 spiro atoms. The van der Waals surface area contributed by atoms with Crippen LogP contribution in [0.2, 0.25) is 0 Å². The fourth-order valence-electron chi connectivity index (χ4n) is 1.88. The number of hydrogen-bond donors (Lipinski definition) is 1. The van der Waals surface area contributed by atoms with Crippen molar-refractivity contribution in [2.45, 2.75) is 46.1 Å². The van der Waals surface area contributed by atoms with Gasteiger partial charge in [-0.15, -0.1) is 0 Å². The molecule has 0 saturated heterocycles. The molecule has 1 aromatic rings. The Bertz CT molecular complexity index is 310. The topological polar surface area (TPSA) is 29.5 Å². The average Bonchev–Trinajstić information content (AvgIpc) is 2.39. The first kappa shape index (κ1) is 14.0. The van der Waals surface area contributed by atoms with E-state index in [1.54, 1.807) is 0 Å². The molecule has 1 rings (SSSR count). The van der Waals surface area contributed by atoms with E-state index in [0.29, 0.717) is 5.92 Å². The molecule has 2 nitrogen and oxygen atoms in total. The van der Waals surface area contributed by atoms with Crippen molar-refractivity contribution in [1.82, 2.24) is 0 Å². The molecule has 0 amide bonds. The molecule has 1 N–H and O–H groups in total. The Morgan fingerprint density at radius 2 is 2.00 bits per heavy atom. The van der Waals surface area contributed by atoms with Crippen molar-refractivity contribution in [3.8, 4) is 5.75 Å². The smallest absolute Gasteiger partial charge is 0.124 e. The summed E-state index contributed by atoms with van der Waals surface area (Å²) in [4.78, 5) is 0. The van der Waals surface area contributed by atoms with Gasteiger partial charge < -0.3 is 9.84 Å². The van der Waals surface area contributed by atoms with E-state index in [0.717, 1.165) is 24.3 Å². The zero-order valence-corrected chi connectivity index (χ0v) is 11.0. The quantitative estimate of drug-likeness (QED) is 0.744. The molecular weight excluding hydrogens is 212 g/mol. The van der Waals surface area contributed by atoms with E-state index >= 15 is 0 Å². The second-order valence-electron chi connectivity index (χ2n) is 4.49. The summed E-state index contributed by atoms with van der Waals surface area (Å²) in [6, 6.07) is 7.70. The maximum Gasteiger partial charge on any atom is 0.124 e. The first-order valence-electron chi connectivity index (χ1n) is 6.63. The number of ether oxygens (including phenoxy) is 1. The van der Waals surface area contributed by atoms with Gasteiger partial charge in [0.25, 0.3) is 0 Å². The fourth-order valence-corrected chi connectivity index (χ4v) is 1.88. The molecule has 2 heteroatoms. The third-order valence-electron chi connectivity index (χ3n) is 3.16. The van der Waals surface area contributed by atoms with Gasteiger partial charge in [-0.05, 0) is 18.4 Å². The first-order valence-corrected chi connectivity index (χ1v) is 6.63. The number of hydrogen-bond acceptors (Lipinski definition) is 2. The maximum atomic E-state index is 9.20. The van der Waals surface area contributed by atoms with Crippen LogP contribution in [-0.4, -0.2) is 11.7 Å². The molecule has 0 aromatic heterocycles. The van der Waals surface area contributed by atoms with Gasteiger partial charge >= 0.3 is 0 Å². The lowest BCUT2D eigenvalue weighted by Gasteiger charge is -2.17. The van der Waals surface area contributed by atoms with Gasteiger partial charge in [0.05, 0.1) is 13.2 Å². The average molecular weight is 236 g/mol. The van der Waals surface area contributed by atoms with Crippen molar-refractivity contribution < 1.29 is 9.84 Å². The van der Waals surface area contributed by atoms with Crippen LogP contribution in [-0.2, 0) is 6.61 Å². The van der Waals surface area contributed by atoms with Gasteiger partial charge in [-0.1, -0.05) is 51.3 Å². The largest absolute Gasteiger partial charge is 0.493 e. The van der Waals surface area contributed by atoms with Gasteiger partial charge in [0.1, 0.15) is 5.75 Å². The molecule has 96 valence electrons. The highest BCUT2D eigenvalue weighted by Crippen LogP contribution is 2.20. The van der Waals surface area contributed by atoms with Crippen LogP contribution in [0.25, 0.3) is 0 Å². The number of aliphatic hydroxyl groups is 1. The second kappa shape index (κ2) is 8.13. The zero-order valence-electron chi connectivity index (χ0n) is 11.0. The maximum absolute atomic E-state index is 9.20. The van der Waals surface area contributed by atoms with Gasteiger partial charge in [0.2, 0.25) is 0 Å². The summed E-state index contributed by atoms with van der Waals surface area (Å²) in [7, 11) is 0. The molecule has 0 fully saturated rings. The lowest BCUT2D eigenvalue weighted by atomic mass is 10.0. The van der Waals surface area contributed by atoms with Gasteiger partial charge in [-0.2, -0.15) is 0 Å². The van der Waals surface area contributed by atoms with Crippen LogP contribution >= 0.6 is 0 Å². The standard InChI is InChI=1S/C15H24O2/c1-3-5-8-13(4-2)12-17-15-10-7-6-9-14(15)11-16/h6-7,9-10,13,16H,3-5,8,11-12H2,1-2H3. The summed E-state index contributed by atoms with van der Waals surface area (Å²) in [5.74, 6) is 1.45. The van der Waals surface area contributed by atoms with Crippen molar-refractivity contribution in [3.05, 3.63) is 29.8 Å². The lowest BCUT2D eigenvalue weighted by Crippen LogP contribution is -2.12. The Kier molecular flexibility index (Phi) is 6.71. The van der Waals surface area contributed by atoms with Crippen LogP contribution in [0.3, 0.4) is 0 Å². The van der Waals surface area contributed by atoms with Crippen LogP contribution in [0.5, 0.6) is 5.75 Å². The van der Waals surface area contributed by atoms with Gasteiger partial charge in [0.15, 0.2) is 0 Å². The van der Waals surface area contributed by atoms with Gasteiger partial charge in [-0.3, -0.25) is 0 Å². The molecule has 0 saturated carbocycles. The van der Waals surface area contributed by atoms with E-state index in [9.17, 15) is 5.11 Å². The normalized spacial score (nSPS) is 12.4. The molecule has 1 atom stereocenters. The van der Waals surface area contributed by atoms with Crippen molar-refractivity contribution in [1.29, 1.82) is 0 Å². The summed E-state index contributed by atoms with van der Waals surface area (Å²) in [5, 5.41) is 9.20. The summed E-state index contributed by atoms with van der Waals surface area (Å²) in [5.41, 5.74) is 0.873. The highest BCUT2D eigenvalue weighted by atomic mass is 16.5. The minimum atomic E-state index is 0.0436. The van der Waals surface area contributed by atoms with E-state index in [4.69, 9.17) is 4.74 Å². The van der Waals surface area contributed by atoms with Crippen LogP contribution in [0.15, 0.2) is 24.3 Å². The molecule has 1 aromatic carbocycles. The fraction of sp³-hybridized carbons (Fsp3) is 0.600. The zero-order chi connectivity index (χ0) is 12.5. The summed E-state index contributed by atoms with van der Waals surface area (Å²) in [6.45, 7) is 5.23. The van der Waals surface area contributed by atoms with E-state index in [1.165, 1.54) is 19.3 Å². The van der Waals surface area contributed by atoms with E-state index in [2.05, 4.69) is 13.8 Å². The SMILES string of the molecule is CCCCC(CC)COc1ccccc1CO. The predicted molar refractivity (Wildman–Crippen MR) is 71.2 cm³/mol. The molecule has 17 heavy (non-hydrogen) atoms. The molecule has 0 bridgehead atoms. The van der Waals surface area contributed by atoms with E-state index in [-0.39, 0.29) is 6.61 Å². The highest BCUT2D eigenvalue weighted by Gasteiger charge is 2.08. The third kappa shape index (κ3) is 4.78. The van der Waals surface area contributed by atoms with Crippen molar-refractivity contribution >= 4 is 0 Å². The van der Waals surface area contributed by atoms with Crippen LogP contribution in [0.4, 0.5) is 0 Å². The monoisotopic (exact) mass is 236 g/mol. The molecule has 0 aliphatic heterocycles. The molecule has 0 aliphatic rings. The van der Waals surface area contributed by atoms with Crippen molar-refractivity contribution in [2.75, 3.05) is 6.61 Å². The highest BCUT2D eigenvalue weighted by molar-refractivity contribution is 5.32. The summed E-state index contributed by atoms with van der Waals surface area (Å²) in [6.07, 6.45) is 4.89. The molecule has 1 unspecified atom stereocenters. The van der Waals surface area contributed by atoms with Crippen LogP contribution in [0, 0.1) is 5.92 Å². The molecular formula is C15H24O2. The van der Waals surface area contributed by atoms with Crippen LogP contribution in [0.1, 0.15) is 45.1 Å². The minimum absolute atomic E-state index is 0.0436. The van der Waals surface area contributed by atoms with E-state index in [1.807, 2.05) is 24.3 Å². The molecule has 0 aliphatic carbocycles. The predicted octanol–water partition coefficient (Wildman–Crippen LogP) is 3.77. The summed E-state index contributed by atoms with van der Waals surface area (Å²) < 4.78 is 5.82. The Labute approximate surface area is 105 Å². The lowest BCUT2D eigenvalue weighted by molar-refractivity contribution is 0.221. The Balaban J connectivity index is 2.47. The Morgan fingerprint density at radius 1 is 1.24 bits per heavy atom. The van der Waals surface area contributed by atoms with Gasteiger partial charge in [0, 0.05) is 5.56 Å². The second-order valence-corrected chi connectivity index (χ2v) is 4.49. The molecule has 0 heterocycles. The molecule has 0 radical (unpaired) electrons.